The van der Waals surface area contributed by atoms with Gasteiger partial charge in [0.15, 0.2) is 11.5 Å². The van der Waals surface area contributed by atoms with E-state index in [4.69, 9.17) is 0 Å². The van der Waals surface area contributed by atoms with Gasteiger partial charge in [0, 0.05) is 13.1 Å². The molecule has 0 bridgehead atoms. The number of fused-ring (bicyclic) bond motifs is 1. The standard InChI is InChI=1S/C15H24N6/c1-3-5-15(6-7-15)9-17-12-11-13(19-10-18-11)21-14(20-12)16-8-4-2/h10H,3-9H2,1-2H3,(H3,16,17,18,19,20,21). The molecule has 0 radical (unpaired) electrons. The Kier molecular flexibility index (Phi) is 3.94. The van der Waals surface area contributed by atoms with E-state index < -0.39 is 0 Å². The molecule has 6 nitrogen and oxygen atoms in total. The third-order valence-corrected chi connectivity index (χ3v) is 4.19. The van der Waals surface area contributed by atoms with Gasteiger partial charge in [0.1, 0.15) is 5.52 Å². The predicted octanol–water partition coefficient (Wildman–Crippen LogP) is 3.17. The normalized spacial score (nSPS) is 16.1. The summed E-state index contributed by atoms with van der Waals surface area (Å²) in [6.45, 7) is 6.24. The molecule has 2 aromatic heterocycles. The van der Waals surface area contributed by atoms with Crippen LogP contribution < -0.4 is 10.6 Å². The Hall–Kier alpha value is -1.85. The van der Waals surface area contributed by atoms with E-state index in [1.54, 1.807) is 6.33 Å². The van der Waals surface area contributed by atoms with E-state index in [9.17, 15) is 0 Å². The lowest BCUT2D eigenvalue weighted by molar-refractivity contribution is 0.485. The van der Waals surface area contributed by atoms with Gasteiger partial charge in [-0.1, -0.05) is 20.3 Å². The van der Waals surface area contributed by atoms with Gasteiger partial charge in [-0.3, -0.25) is 0 Å². The average Bonchev–Trinajstić information content (AvgIpc) is 3.09. The van der Waals surface area contributed by atoms with Crippen molar-refractivity contribution in [2.75, 3.05) is 23.7 Å². The maximum Gasteiger partial charge on any atom is 0.226 e. The van der Waals surface area contributed by atoms with Crippen LogP contribution in [0.25, 0.3) is 11.2 Å². The molecule has 0 aromatic carbocycles. The molecule has 3 rings (SSSR count). The van der Waals surface area contributed by atoms with E-state index in [-0.39, 0.29) is 0 Å². The average molecular weight is 288 g/mol. The summed E-state index contributed by atoms with van der Waals surface area (Å²) in [6.07, 6.45) is 7.90. The zero-order valence-electron chi connectivity index (χ0n) is 12.9. The lowest BCUT2D eigenvalue weighted by Gasteiger charge is -2.16. The fraction of sp³-hybridized carbons (Fsp3) is 0.667. The molecule has 6 heteroatoms. The van der Waals surface area contributed by atoms with Crippen molar-refractivity contribution >= 4 is 22.9 Å². The summed E-state index contributed by atoms with van der Waals surface area (Å²) in [6, 6.07) is 0. The number of aromatic nitrogens is 4. The van der Waals surface area contributed by atoms with Gasteiger partial charge in [-0.25, -0.2) is 4.98 Å². The molecule has 0 saturated heterocycles. The fourth-order valence-corrected chi connectivity index (χ4v) is 2.77. The van der Waals surface area contributed by atoms with Crippen molar-refractivity contribution in [3.63, 3.8) is 0 Å². The molecule has 114 valence electrons. The second-order valence-corrected chi connectivity index (χ2v) is 6.03. The van der Waals surface area contributed by atoms with Gasteiger partial charge in [0.2, 0.25) is 5.95 Å². The molecular formula is C15H24N6. The van der Waals surface area contributed by atoms with Gasteiger partial charge in [0.25, 0.3) is 0 Å². The summed E-state index contributed by atoms with van der Waals surface area (Å²) in [7, 11) is 0. The first kappa shape index (κ1) is 14.1. The molecule has 0 aliphatic heterocycles. The van der Waals surface area contributed by atoms with Crippen molar-refractivity contribution in [1.82, 2.24) is 19.9 Å². The SMILES string of the molecule is CCCNc1nc(NCC2(CCC)CC2)c2[nH]cnc2n1. The molecule has 21 heavy (non-hydrogen) atoms. The van der Waals surface area contributed by atoms with Crippen LogP contribution in [0.5, 0.6) is 0 Å². The summed E-state index contributed by atoms with van der Waals surface area (Å²) < 4.78 is 0. The van der Waals surface area contributed by atoms with Crippen molar-refractivity contribution in [2.45, 2.75) is 46.0 Å². The Morgan fingerprint density at radius 2 is 2.05 bits per heavy atom. The van der Waals surface area contributed by atoms with E-state index in [0.29, 0.717) is 17.0 Å². The molecule has 1 saturated carbocycles. The third-order valence-electron chi connectivity index (χ3n) is 4.19. The minimum Gasteiger partial charge on any atom is -0.368 e. The first-order valence-electron chi connectivity index (χ1n) is 7.95. The van der Waals surface area contributed by atoms with Crippen molar-refractivity contribution in [2.24, 2.45) is 5.41 Å². The summed E-state index contributed by atoms with van der Waals surface area (Å²) in [5.41, 5.74) is 2.10. The Morgan fingerprint density at radius 1 is 1.19 bits per heavy atom. The van der Waals surface area contributed by atoms with Crippen LogP contribution in [0, 0.1) is 5.41 Å². The molecule has 0 unspecified atom stereocenters. The third kappa shape index (κ3) is 3.09. The van der Waals surface area contributed by atoms with E-state index >= 15 is 0 Å². The Balaban J connectivity index is 1.77. The van der Waals surface area contributed by atoms with Gasteiger partial charge in [0.05, 0.1) is 6.33 Å². The Morgan fingerprint density at radius 3 is 2.76 bits per heavy atom. The van der Waals surface area contributed by atoms with Crippen LogP contribution in [-0.4, -0.2) is 33.0 Å². The largest absolute Gasteiger partial charge is 0.368 e. The molecule has 2 aromatic rings. The molecule has 3 N–H and O–H groups in total. The highest BCUT2D eigenvalue weighted by molar-refractivity contribution is 5.83. The lowest BCUT2D eigenvalue weighted by atomic mass is 10.0. The topological polar surface area (TPSA) is 78.5 Å². The summed E-state index contributed by atoms with van der Waals surface area (Å²) in [5, 5.41) is 6.75. The zero-order valence-corrected chi connectivity index (χ0v) is 12.9. The molecule has 0 atom stereocenters. The molecule has 0 amide bonds. The highest BCUT2D eigenvalue weighted by Crippen LogP contribution is 2.49. The highest BCUT2D eigenvalue weighted by Gasteiger charge is 2.41. The zero-order chi connectivity index (χ0) is 14.7. The highest BCUT2D eigenvalue weighted by atomic mass is 15.2. The summed E-state index contributed by atoms with van der Waals surface area (Å²) in [5.74, 6) is 1.51. The van der Waals surface area contributed by atoms with E-state index in [2.05, 4.69) is 44.4 Å². The van der Waals surface area contributed by atoms with Gasteiger partial charge >= 0.3 is 0 Å². The van der Waals surface area contributed by atoms with Crippen molar-refractivity contribution in [3.8, 4) is 0 Å². The van der Waals surface area contributed by atoms with Crippen LogP contribution in [0.2, 0.25) is 0 Å². The van der Waals surface area contributed by atoms with Crippen molar-refractivity contribution < 1.29 is 0 Å². The fourth-order valence-electron chi connectivity index (χ4n) is 2.77. The monoisotopic (exact) mass is 288 g/mol. The molecule has 0 spiro atoms. The number of nitrogens with zero attached hydrogens (tertiary/aromatic N) is 3. The Labute approximate surface area is 125 Å². The van der Waals surface area contributed by atoms with Crippen LogP contribution in [-0.2, 0) is 0 Å². The molecule has 2 heterocycles. The quantitative estimate of drug-likeness (QED) is 0.695. The maximum absolute atomic E-state index is 4.60. The number of hydrogen-bond acceptors (Lipinski definition) is 5. The van der Waals surface area contributed by atoms with Gasteiger partial charge in [-0.2, -0.15) is 9.97 Å². The number of anilines is 2. The van der Waals surface area contributed by atoms with E-state index in [1.165, 1.54) is 25.7 Å². The van der Waals surface area contributed by atoms with Gasteiger partial charge in [-0.05, 0) is 31.1 Å². The van der Waals surface area contributed by atoms with Crippen molar-refractivity contribution in [3.05, 3.63) is 6.33 Å². The van der Waals surface area contributed by atoms with Gasteiger partial charge in [-0.15, -0.1) is 0 Å². The number of hydrogen-bond donors (Lipinski definition) is 3. The van der Waals surface area contributed by atoms with E-state index in [0.717, 1.165) is 30.8 Å². The van der Waals surface area contributed by atoms with Crippen LogP contribution in [0.1, 0.15) is 46.0 Å². The second kappa shape index (κ2) is 5.87. The van der Waals surface area contributed by atoms with Crippen LogP contribution >= 0.6 is 0 Å². The minimum atomic E-state index is 0.489. The van der Waals surface area contributed by atoms with Crippen LogP contribution in [0.15, 0.2) is 6.33 Å². The smallest absolute Gasteiger partial charge is 0.226 e. The number of imidazole rings is 1. The second-order valence-electron chi connectivity index (χ2n) is 6.03. The Bertz CT molecular complexity index is 601. The lowest BCUT2D eigenvalue weighted by Crippen LogP contribution is -2.17. The number of aromatic amines is 1. The van der Waals surface area contributed by atoms with Crippen LogP contribution in [0.3, 0.4) is 0 Å². The van der Waals surface area contributed by atoms with Crippen molar-refractivity contribution in [1.29, 1.82) is 0 Å². The molecular weight excluding hydrogens is 264 g/mol. The minimum absolute atomic E-state index is 0.489. The van der Waals surface area contributed by atoms with Gasteiger partial charge < -0.3 is 15.6 Å². The maximum atomic E-state index is 4.60. The summed E-state index contributed by atoms with van der Waals surface area (Å²) in [4.78, 5) is 16.4. The first-order chi connectivity index (χ1) is 10.3. The van der Waals surface area contributed by atoms with Crippen LogP contribution in [0.4, 0.5) is 11.8 Å². The molecule has 1 fully saturated rings. The number of H-pyrrole nitrogens is 1. The van der Waals surface area contributed by atoms with E-state index in [1.807, 2.05) is 0 Å². The number of rotatable bonds is 8. The molecule has 1 aliphatic rings. The number of nitrogens with one attached hydrogen (secondary N) is 3. The summed E-state index contributed by atoms with van der Waals surface area (Å²) >= 11 is 0. The first-order valence-corrected chi connectivity index (χ1v) is 7.95. The predicted molar refractivity (Wildman–Crippen MR) is 85.5 cm³/mol. The molecule has 1 aliphatic carbocycles.